The monoisotopic (exact) mass is 333 g/mol. The number of hydrogen-bond donors (Lipinski definition) is 3. The number of aliphatic hydroxyl groups is 2. The Morgan fingerprint density at radius 1 is 1.22 bits per heavy atom. The van der Waals surface area contributed by atoms with Crippen LogP contribution in [0.25, 0.3) is 0 Å². The van der Waals surface area contributed by atoms with Crippen molar-refractivity contribution < 1.29 is 14.9 Å². The molecule has 1 aliphatic heterocycles. The van der Waals surface area contributed by atoms with E-state index in [1.165, 1.54) is 0 Å². The Kier molecular flexibility index (Phi) is 4.60. The summed E-state index contributed by atoms with van der Waals surface area (Å²) in [5.74, 6) is 0.505. The zero-order chi connectivity index (χ0) is 16.4. The molecule has 4 nitrogen and oxygen atoms in total. The van der Waals surface area contributed by atoms with Crippen LogP contribution in [-0.4, -0.2) is 29.4 Å². The molecule has 2 aromatic rings. The number of halogens is 1. The maximum atomic E-state index is 11.7. The summed E-state index contributed by atoms with van der Waals surface area (Å²) in [5, 5.41) is 24.4. The molecular formula is C18H20ClNO3. The molecule has 0 saturated heterocycles. The van der Waals surface area contributed by atoms with Crippen molar-refractivity contribution in [2.75, 3.05) is 13.2 Å². The topological polar surface area (TPSA) is 61.7 Å². The number of fused-ring (bicyclic) bond motifs is 2. The third-order valence-electron chi connectivity index (χ3n) is 4.37. The van der Waals surface area contributed by atoms with E-state index in [0.29, 0.717) is 29.5 Å². The van der Waals surface area contributed by atoms with Gasteiger partial charge in [-0.1, -0.05) is 48.0 Å². The van der Waals surface area contributed by atoms with Gasteiger partial charge in [-0.3, -0.25) is 0 Å². The van der Waals surface area contributed by atoms with Gasteiger partial charge in [0.05, 0.1) is 11.6 Å². The number of ether oxygens (including phenoxy) is 1. The molecule has 0 radical (unpaired) electrons. The fraction of sp³-hybridized carbons (Fsp3) is 0.333. The fourth-order valence-electron chi connectivity index (χ4n) is 3.16. The minimum Gasteiger partial charge on any atom is -0.487 e. The molecule has 0 aromatic heterocycles. The summed E-state index contributed by atoms with van der Waals surface area (Å²) in [7, 11) is 0. The second-order valence-corrected chi connectivity index (χ2v) is 6.14. The van der Waals surface area contributed by atoms with Crippen LogP contribution in [0.5, 0.6) is 5.75 Å². The van der Waals surface area contributed by atoms with Crippen molar-refractivity contribution in [3.05, 3.63) is 64.2 Å². The van der Waals surface area contributed by atoms with E-state index in [2.05, 4.69) is 5.32 Å². The maximum Gasteiger partial charge on any atom is 0.144 e. The van der Waals surface area contributed by atoms with E-state index in [1.807, 2.05) is 43.3 Å². The van der Waals surface area contributed by atoms with Crippen molar-refractivity contribution in [1.29, 1.82) is 0 Å². The van der Waals surface area contributed by atoms with E-state index in [-0.39, 0.29) is 12.6 Å². The number of para-hydroxylation sites is 1. The van der Waals surface area contributed by atoms with Gasteiger partial charge in [-0.25, -0.2) is 0 Å². The first-order valence-corrected chi connectivity index (χ1v) is 8.03. The van der Waals surface area contributed by atoms with Crippen LogP contribution in [0.3, 0.4) is 0 Å². The van der Waals surface area contributed by atoms with E-state index in [0.717, 1.165) is 11.1 Å². The largest absolute Gasteiger partial charge is 0.487 e. The van der Waals surface area contributed by atoms with Crippen LogP contribution in [0.1, 0.15) is 23.6 Å². The van der Waals surface area contributed by atoms with Gasteiger partial charge < -0.3 is 20.3 Å². The van der Waals surface area contributed by atoms with Gasteiger partial charge in [0.15, 0.2) is 0 Å². The third-order valence-corrected chi connectivity index (χ3v) is 4.66. The normalized spacial score (nSPS) is 20.9. The third kappa shape index (κ3) is 2.72. The van der Waals surface area contributed by atoms with Crippen LogP contribution in [0.2, 0.25) is 5.02 Å². The summed E-state index contributed by atoms with van der Waals surface area (Å²) in [4.78, 5) is 0. The average molecular weight is 334 g/mol. The molecule has 3 N–H and O–H groups in total. The molecule has 0 bridgehead atoms. The number of hydrogen-bond acceptors (Lipinski definition) is 4. The first kappa shape index (κ1) is 16.3. The van der Waals surface area contributed by atoms with Crippen LogP contribution in [0.4, 0.5) is 0 Å². The molecule has 1 heterocycles. The van der Waals surface area contributed by atoms with E-state index in [1.54, 1.807) is 6.07 Å². The molecule has 0 amide bonds. The van der Waals surface area contributed by atoms with E-state index in [4.69, 9.17) is 21.4 Å². The molecule has 0 fully saturated rings. The zero-order valence-corrected chi connectivity index (χ0v) is 13.7. The fourth-order valence-corrected chi connectivity index (χ4v) is 3.39. The molecule has 5 heteroatoms. The van der Waals surface area contributed by atoms with Crippen molar-refractivity contribution in [3.8, 4) is 5.75 Å². The van der Waals surface area contributed by atoms with E-state index in [9.17, 15) is 5.11 Å². The molecule has 2 unspecified atom stereocenters. The lowest BCUT2D eigenvalue weighted by molar-refractivity contribution is 0.0416. The van der Waals surface area contributed by atoms with Gasteiger partial charge in [-0.05, 0) is 24.1 Å². The van der Waals surface area contributed by atoms with E-state index < -0.39 is 5.60 Å². The minimum atomic E-state index is -1.30. The highest BCUT2D eigenvalue weighted by molar-refractivity contribution is 6.32. The summed E-state index contributed by atoms with van der Waals surface area (Å²) in [5.41, 5.74) is 1.04. The molecule has 23 heavy (non-hydrogen) atoms. The van der Waals surface area contributed by atoms with Gasteiger partial charge in [0.25, 0.3) is 0 Å². The Hall–Kier alpha value is -1.59. The highest BCUT2D eigenvalue weighted by Gasteiger charge is 2.43. The van der Waals surface area contributed by atoms with Crippen molar-refractivity contribution in [1.82, 2.24) is 5.32 Å². The lowest BCUT2D eigenvalue weighted by atomic mass is 9.79. The highest BCUT2D eigenvalue weighted by atomic mass is 35.5. The van der Waals surface area contributed by atoms with Gasteiger partial charge in [-0.2, -0.15) is 0 Å². The highest BCUT2D eigenvalue weighted by Crippen LogP contribution is 2.45. The Bertz CT molecular complexity index is 706. The maximum absolute atomic E-state index is 11.7. The standard InChI is InChI=1S/C18H20ClNO3/c1-12(20-9-10-21)18(22)14-6-3-2-5-13(14)11-23-17-15(18)7-4-8-16(17)19/h2-8,12,20-22H,9-11H2,1H3. The first-order valence-electron chi connectivity index (χ1n) is 7.65. The second-order valence-electron chi connectivity index (χ2n) is 5.73. The predicted octanol–water partition coefficient (Wildman–Crippen LogP) is 2.44. The SMILES string of the molecule is CC(NCCO)C1(O)c2ccccc2COc2c(Cl)cccc21. The van der Waals surface area contributed by atoms with E-state index >= 15 is 0 Å². The lowest BCUT2D eigenvalue weighted by Crippen LogP contribution is -2.48. The predicted molar refractivity (Wildman–Crippen MR) is 89.8 cm³/mol. The molecule has 0 saturated carbocycles. The van der Waals surface area contributed by atoms with Crippen LogP contribution in [0.15, 0.2) is 42.5 Å². The Balaban J connectivity index is 2.21. The average Bonchev–Trinajstić information content (AvgIpc) is 2.70. The molecule has 2 aromatic carbocycles. The molecule has 0 aliphatic carbocycles. The summed E-state index contributed by atoms with van der Waals surface area (Å²) >= 11 is 6.30. The summed E-state index contributed by atoms with van der Waals surface area (Å²) in [6.45, 7) is 2.63. The van der Waals surface area contributed by atoms with Gasteiger partial charge in [0, 0.05) is 18.2 Å². The van der Waals surface area contributed by atoms with Crippen LogP contribution in [-0.2, 0) is 12.2 Å². The van der Waals surface area contributed by atoms with Crippen molar-refractivity contribution >= 4 is 11.6 Å². The number of aliphatic hydroxyl groups excluding tert-OH is 1. The summed E-state index contributed by atoms with van der Waals surface area (Å²) < 4.78 is 5.89. The van der Waals surface area contributed by atoms with Gasteiger partial charge in [0.2, 0.25) is 0 Å². The van der Waals surface area contributed by atoms with Gasteiger partial charge >= 0.3 is 0 Å². The molecule has 0 spiro atoms. The van der Waals surface area contributed by atoms with Crippen molar-refractivity contribution in [2.45, 2.75) is 25.2 Å². The lowest BCUT2D eigenvalue weighted by Gasteiger charge is -2.36. The second kappa shape index (κ2) is 6.49. The molecule has 2 atom stereocenters. The number of benzene rings is 2. The number of rotatable bonds is 4. The minimum absolute atomic E-state index is 0.000962. The Labute approximate surface area is 140 Å². The molecule has 122 valence electrons. The van der Waals surface area contributed by atoms with Crippen LogP contribution in [0, 0.1) is 0 Å². The Morgan fingerprint density at radius 2 is 1.96 bits per heavy atom. The molecular weight excluding hydrogens is 314 g/mol. The van der Waals surface area contributed by atoms with Crippen LogP contribution >= 0.6 is 11.6 Å². The van der Waals surface area contributed by atoms with Crippen LogP contribution < -0.4 is 10.1 Å². The zero-order valence-electron chi connectivity index (χ0n) is 12.9. The van der Waals surface area contributed by atoms with Gasteiger partial charge in [-0.15, -0.1) is 0 Å². The Morgan fingerprint density at radius 3 is 2.74 bits per heavy atom. The molecule has 3 rings (SSSR count). The smallest absolute Gasteiger partial charge is 0.144 e. The van der Waals surface area contributed by atoms with Crippen molar-refractivity contribution in [2.24, 2.45) is 0 Å². The summed E-state index contributed by atoms with van der Waals surface area (Å²) in [6, 6.07) is 12.7. The van der Waals surface area contributed by atoms with Gasteiger partial charge in [0.1, 0.15) is 18.0 Å². The first-order chi connectivity index (χ1) is 11.1. The quantitative estimate of drug-likeness (QED) is 0.804. The summed E-state index contributed by atoms with van der Waals surface area (Å²) in [6.07, 6.45) is 0. The molecule has 1 aliphatic rings. The number of nitrogens with one attached hydrogen (secondary N) is 1. The van der Waals surface area contributed by atoms with Crippen molar-refractivity contribution in [3.63, 3.8) is 0 Å².